The molecule has 5 heteroatoms. The van der Waals surface area contributed by atoms with Crippen molar-refractivity contribution < 1.29 is 14.9 Å². The molecule has 1 aliphatic heterocycles. The van der Waals surface area contributed by atoms with Crippen molar-refractivity contribution in [2.24, 2.45) is 0 Å². The zero-order valence-corrected chi connectivity index (χ0v) is 9.84. The molecule has 17 heavy (non-hydrogen) atoms. The van der Waals surface area contributed by atoms with Gasteiger partial charge in [0.25, 0.3) is 0 Å². The van der Waals surface area contributed by atoms with Gasteiger partial charge in [-0.1, -0.05) is 12.1 Å². The smallest absolute Gasteiger partial charge is 0.376 e. The van der Waals surface area contributed by atoms with Crippen LogP contribution in [0.3, 0.4) is 0 Å². The molecule has 1 unspecified atom stereocenters. The maximum absolute atomic E-state index is 10.9. The van der Waals surface area contributed by atoms with Crippen LogP contribution in [0.25, 0.3) is 0 Å². The number of carboxylic acids is 1. The SMILES string of the molecule is CB(O)N1CCCC1c1cccc(C(=O)O)c1. The van der Waals surface area contributed by atoms with Gasteiger partial charge < -0.3 is 14.9 Å². The van der Waals surface area contributed by atoms with Gasteiger partial charge in [0.2, 0.25) is 0 Å². The second-order valence-electron chi connectivity index (χ2n) is 4.46. The van der Waals surface area contributed by atoms with E-state index in [0.29, 0.717) is 5.56 Å². The third kappa shape index (κ3) is 2.51. The lowest BCUT2D eigenvalue weighted by Gasteiger charge is -2.25. The molecule has 0 radical (unpaired) electrons. The number of benzene rings is 1. The van der Waals surface area contributed by atoms with Crippen LogP contribution in [0, 0.1) is 0 Å². The fourth-order valence-corrected chi connectivity index (χ4v) is 2.47. The second-order valence-corrected chi connectivity index (χ2v) is 4.46. The van der Waals surface area contributed by atoms with Crippen LogP contribution in [0.2, 0.25) is 6.82 Å². The third-order valence-electron chi connectivity index (χ3n) is 3.29. The topological polar surface area (TPSA) is 60.8 Å². The quantitative estimate of drug-likeness (QED) is 0.779. The minimum absolute atomic E-state index is 0.134. The van der Waals surface area contributed by atoms with Gasteiger partial charge in [-0.2, -0.15) is 0 Å². The fourth-order valence-electron chi connectivity index (χ4n) is 2.47. The number of aromatic carboxylic acids is 1. The minimum Gasteiger partial charge on any atom is -0.478 e. The van der Waals surface area contributed by atoms with Crippen LogP contribution >= 0.6 is 0 Å². The molecule has 0 saturated carbocycles. The number of carbonyl (C=O) groups is 1. The van der Waals surface area contributed by atoms with Crippen LogP contribution in [0.1, 0.15) is 34.8 Å². The number of nitrogens with zero attached hydrogens (tertiary/aromatic N) is 1. The summed E-state index contributed by atoms with van der Waals surface area (Å²) < 4.78 is 0. The molecule has 4 nitrogen and oxygen atoms in total. The molecular formula is C12H16BNO3. The predicted octanol–water partition coefficient (Wildman–Crippen LogP) is 1.63. The molecule has 0 aliphatic carbocycles. The van der Waals surface area contributed by atoms with Crippen molar-refractivity contribution in [1.82, 2.24) is 4.81 Å². The van der Waals surface area contributed by atoms with Crippen LogP contribution < -0.4 is 0 Å². The van der Waals surface area contributed by atoms with E-state index in [1.165, 1.54) is 0 Å². The zero-order chi connectivity index (χ0) is 12.4. The van der Waals surface area contributed by atoms with Gasteiger partial charge in [0.1, 0.15) is 0 Å². The first-order valence-corrected chi connectivity index (χ1v) is 5.86. The summed E-state index contributed by atoms with van der Waals surface area (Å²) >= 11 is 0. The van der Waals surface area contributed by atoms with Gasteiger partial charge in [0.15, 0.2) is 0 Å². The molecule has 1 aliphatic rings. The molecule has 1 aromatic rings. The summed E-state index contributed by atoms with van der Waals surface area (Å²) in [5, 5.41) is 18.6. The molecule has 1 fully saturated rings. The molecule has 1 heterocycles. The summed E-state index contributed by atoms with van der Waals surface area (Å²) in [5.74, 6) is -0.909. The van der Waals surface area contributed by atoms with Crippen molar-refractivity contribution in [3.8, 4) is 0 Å². The van der Waals surface area contributed by atoms with E-state index in [-0.39, 0.29) is 6.04 Å². The summed E-state index contributed by atoms with van der Waals surface area (Å²) in [4.78, 5) is 12.9. The van der Waals surface area contributed by atoms with E-state index in [2.05, 4.69) is 0 Å². The standard InChI is InChI=1S/C12H16BNO3/c1-13(17)14-7-3-6-11(14)9-4-2-5-10(8-9)12(15)16/h2,4-5,8,11,17H,3,6-7H2,1H3,(H,15,16). The first-order valence-electron chi connectivity index (χ1n) is 5.86. The molecule has 1 saturated heterocycles. The van der Waals surface area contributed by atoms with Gasteiger partial charge in [0, 0.05) is 6.04 Å². The maximum atomic E-state index is 10.9. The van der Waals surface area contributed by atoms with Crippen LogP contribution in [0.15, 0.2) is 24.3 Å². The summed E-state index contributed by atoms with van der Waals surface area (Å²) in [5.41, 5.74) is 1.28. The lowest BCUT2D eigenvalue weighted by molar-refractivity contribution is 0.0696. The van der Waals surface area contributed by atoms with Crippen molar-refractivity contribution in [2.45, 2.75) is 25.7 Å². The lowest BCUT2D eigenvalue weighted by atomic mass is 9.83. The van der Waals surface area contributed by atoms with E-state index in [4.69, 9.17) is 5.11 Å². The molecule has 1 aromatic carbocycles. The van der Waals surface area contributed by atoms with Crippen LogP contribution in [0.4, 0.5) is 0 Å². The van der Waals surface area contributed by atoms with Crippen LogP contribution in [0.5, 0.6) is 0 Å². The van der Waals surface area contributed by atoms with Crippen LogP contribution in [-0.4, -0.2) is 34.5 Å². The summed E-state index contributed by atoms with van der Waals surface area (Å²) in [6, 6.07) is 7.12. The number of hydrogen-bond acceptors (Lipinski definition) is 3. The molecule has 0 amide bonds. The van der Waals surface area contributed by atoms with Crippen molar-refractivity contribution in [1.29, 1.82) is 0 Å². The van der Waals surface area contributed by atoms with Gasteiger partial charge in [0.05, 0.1) is 5.56 Å². The average Bonchev–Trinajstić information content (AvgIpc) is 2.78. The Hall–Kier alpha value is -1.33. The lowest BCUT2D eigenvalue weighted by Crippen LogP contribution is -2.36. The van der Waals surface area contributed by atoms with E-state index in [9.17, 15) is 9.82 Å². The molecule has 0 aromatic heterocycles. The highest BCUT2D eigenvalue weighted by atomic mass is 16.4. The number of hydrogen-bond donors (Lipinski definition) is 2. The molecule has 90 valence electrons. The largest absolute Gasteiger partial charge is 0.478 e. The molecular weight excluding hydrogens is 217 g/mol. The van der Waals surface area contributed by atoms with Crippen molar-refractivity contribution in [2.75, 3.05) is 6.54 Å². The van der Waals surface area contributed by atoms with E-state index in [1.54, 1.807) is 25.0 Å². The van der Waals surface area contributed by atoms with Crippen LogP contribution in [-0.2, 0) is 0 Å². The summed E-state index contributed by atoms with van der Waals surface area (Å²) in [6.07, 6.45) is 2.00. The number of carboxylic acid groups (broad SMARTS) is 1. The Bertz CT molecular complexity index is 422. The number of rotatable bonds is 3. The van der Waals surface area contributed by atoms with E-state index < -0.39 is 13.0 Å². The summed E-state index contributed by atoms with van der Waals surface area (Å²) in [6.45, 7) is 2.61. The van der Waals surface area contributed by atoms with Crippen molar-refractivity contribution in [3.05, 3.63) is 35.4 Å². The Morgan fingerprint density at radius 3 is 2.94 bits per heavy atom. The van der Waals surface area contributed by atoms with Gasteiger partial charge in [-0.3, -0.25) is 0 Å². The Labute approximate surface area is 101 Å². The Balaban J connectivity index is 2.27. The average molecular weight is 233 g/mol. The van der Waals surface area contributed by atoms with Gasteiger partial charge in [-0.15, -0.1) is 0 Å². The highest BCUT2D eigenvalue weighted by Gasteiger charge is 2.31. The Kier molecular flexibility index (Phi) is 3.50. The minimum atomic E-state index is -0.909. The first-order chi connectivity index (χ1) is 8.09. The van der Waals surface area contributed by atoms with Crippen molar-refractivity contribution >= 4 is 13.0 Å². The molecule has 0 bridgehead atoms. The van der Waals surface area contributed by atoms with E-state index >= 15 is 0 Å². The summed E-state index contributed by atoms with van der Waals surface area (Å²) in [7, 11) is -0.490. The fraction of sp³-hybridized carbons (Fsp3) is 0.417. The molecule has 0 spiro atoms. The van der Waals surface area contributed by atoms with Gasteiger partial charge in [-0.25, -0.2) is 4.79 Å². The highest BCUT2D eigenvalue weighted by molar-refractivity contribution is 6.45. The molecule has 1 atom stereocenters. The molecule has 2 N–H and O–H groups in total. The molecule has 2 rings (SSSR count). The van der Waals surface area contributed by atoms with E-state index in [1.807, 2.05) is 10.9 Å². The first kappa shape index (κ1) is 12.1. The van der Waals surface area contributed by atoms with E-state index in [0.717, 1.165) is 24.9 Å². The highest BCUT2D eigenvalue weighted by Crippen LogP contribution is 2.32. The maximum Gasteiger partial charge on any atom is 0.376 e. The second kappa shape index (κ2) is 4.90. The van der Waals surface area contributed by atoms with Gasteiger partial charge in [-0.05, 0) is 43.9 Å². The Morgan fingerprint density at radius 1 is 1.53 bits per heavy atom. The third-order valence-corrected chi connectivity index (χ3v) is 3.29. The predicted molar refractivity (Wildman–Crippen MR) is 65.9 cm³/mol. The zero-order valence-electron chi connectivity index (χ0n) is 9.84. The Morgan fingerprint density at radius 2 is 2.29 bits per heavy atom. The normalized spacial score (nSPS) is 20.5. The van der Waals surface area contributed by atoms with Crippen molar-refractivity contribution in [3.63, 3.8) is 0 Å². The monoisotopic (exact) mass is 233 g/mol. The van der Waals surface area contributed by atoms with Gasteiger partial charge >= 0.3 is 13.0 Å².